The van der Waals surface area contributed by atoms with E-state index in [-0.39, 0.29) is 31.2 Å². The zero-order valence-corrected chi connectivity index (χ0v) is 11.4. The molecule has 1 rings (SSSR count). The first-order valence-corrected chi connectivity index (χ1v) is 6.06. The molecule has 0 aliphatic rings. The lowest BCUT2D eigenvalue weighted by molar-refractivity contribution is -0.121. The second-order valence-corrected chi connectivity index (χ2v) is 4.78. The van der Waals surface area contributed by atoms with Gasteiger partial charge in [0, 0.05) is 17.2 Å². The molecule has 0 radical (unpaired) electrons. The predicted octanol–water partition coefficient (Wildman–Crippen LogP) is 0.482. The second-order valence-electron chi connectivity index (χ2n) is 3.01. The number of nitrogens with one attached hydrogen (secondary N) is 1. The average molecular weight is 354 g/mol. The molecule has 0 saturated carbocycles. The van der Waals surface area contributed by atoms with Gasteiger partial charge >= 0.3 is 0 Å². The molecule has 88 valence electrons. The molecular weight excluding hydrogens is 344 g/mol. The molecule has 0 unspecified atom stereocenters. The number of aliphatic hydroxyl groups excluding tert-OH is 1. The number of aliphatic hydroxyl groups is 1. The summed E-state index contributed by atoms with van der Waals surface area (Å²) in [5.74, 6) is -0.318. The first-order chi connectivity index (χ1) is 7.54. The van der Waals surface area contributed by atoms with Gasteiger partial charge in [-0.25, -0.2) is 0 Å². The summed E-state index contributed by atoms with van der Waals surface area (Å²) in [6.45, 7) is -0.0115. The van der Waals surface area contributed by atoms with Crippen molar-refractivity contribution in [1.82, 2.24) is 9.88 Å². The molecule has 0 spiro atoms. The molecular formula is C9H10Br2N2O3. The van der Waals surface area contributed by atoms with Gasteiger partial charge in [-0.3, -0.25) is 9.59 Å². The van der Waals surface area contributed by atoms with Crippen molar-refractivity contribution < 1.29 is 9.90 Å². The Balaban J connectivity index is 2.81. The fourth-order valence-corrected chi connectivity index (χ4v) is 2.35. The third-order valence-electron chi connectivity index (χ3n) is 1.76. The summed E-state index contributed by atoms with van der Waals surface area (Å²) in [4.78, 5) is 22.9. The minimum absolute atomic E-state index is 0.0725. The Morgan fingerprint density at radius 2 is 2.19 bits per heavy atom. The highest BCUT2D eigenvalue weighted by Crippen LogP contribution is 2.12. The van der Waals surface area contributed by atoms with Gasteiger partial charge in [-0.1, -0.05) is 0 Å². The number of rotatable bonds is 4. The number of pyridine rings is 1. The fraction of sp³-hybridized carbons (Fsp3) is 0.333. The minimum Gasteiger partial charge on any atom is -0.395 e. The quantitative estimate of drug-likeness (QED) is 0.827. The molecule has 2 N–H and O–H groups in total. The number of carbonyl (C=O) groups is 1. The van der Waals surface area contributed by atoms with Crippen molar-refractivity contribution in [3.63, 3.8) is 0 Å². The predicted molar refractivity (Wildman–Crippen MR) is 66.2 cm³/mol. The molecule has 0 atom stereocenters. The van der Waals surface area contributed by atoms with Crippen LogP contribution in [-0.2, 0) is 11.3 Å². The molecule has 1 heterocycles. The van der Waals surface area contributed by atoms with Crippen LogP contribution in [0.25, 0.3) is 0 Å². The highest BCUT2D eigenvalue weighted by molar-refractivity contribution is 9.11. The SMILES string of the molecule is O=C(Cn1cc(Br)cc(Br)c1=O)NCCO. The van der Waals surface area contributed by atoms with Gasteiger partial charge in [-0.15, -0.1) is 0 Å². The summed E-state index contributed by atoms with van der Waals surface area (Å²) < 4.78 is 2.37. The Labute approximate surface area is 109 Å². The van der Waals surface area contributed by atoms with Gasteiger partial charge in [0.15, 0.2) is 0 Å². The summed E-state index contributed by atoms with van der Waals surface area (Å²) >= 11 is 6.33. The van der Waals surface area contributed by atoms with E-state index in [9.17, 15) is 9.59 Å². The van der Waals surface area contributed by atoms with Gasteiger partial charge < -0.3 is 15.0 Å². The largest absolute Gasteiger partial charge is 0.395 e. The van der Waals surface area contributed by atoms with Crippen molar-refractivity contribution in [2.24, 2.45) is 0 Å². The number of hydrogen-bond acceptors (Lipinski definition) is 3. The second kappa shape index (κ2) is 6.17. The third-order valence-corrected chi connectivity index (χ3v) is 2.76. The Morgan fingerprint density at radius 3 is 2.81 bits per heavy atom. The molecule has 0 aromatic carbocycles. The minimum atomic E-state index is -0.318. The van der Waals surface area contributed by atoms with Crippen LogP contribution in [0.1, 0.15) is 0 Å². The third kappa shape index (κ3) is 3.73. The van der Waals surface area contributed by atoms with Gasteiger partial charge in [0.2, 0.25) is 5.91 Å². The Hall–Kier alpha value is -0.660. The van der Waals surface area contributed by atoms with Gasteiger partial charge in [0.05, 0.1) is 11.1 Å². The normalized spacial score (nSPS) is 10.2. The van der Waals surface area contributed by atoms with Crippen LogP contribution in [0.15, 0.2) is 26.0 Å². The van der Waals surface area contributed by atoms with Crippen molar-refractivity contribution in [1.29, 1.82) is 0 Å². The summed E-state index contributed by atoms with van der Waals surface area (Å²) in [6.07, 6.45) is 1.53. The van der Waals surface area contributed by atoms with E-state index < -0.39 is 0 Å². The lowest BCUT2D eigenvalue weighted by Crippen LogP contribution is -2.33. The van der Waals surface area contributed by atoms with Crippen LogP contribution >= 0.6 is 31.9 Å². The van der Waals surface area contributed by atoms with E-state index >= 15 is 0 Å². The smallest absolute Gasteiger partial charge is 0.265 e. The van der Waals surface area contributed by atoms with Gasteiger partial charge in [-0.05, 0) is 37.9 Å². The molecule has 0 aliphatic heterocycles. The van der Waals surface area contributed by atoms with Gasteiger partial charge in [0.25, 0.3) is 5.56 Å². The fourth-order valence-electron chi connectivity index (χ4n) is 1.09. The summed E-state index contributed by atoms with van der Waals surface area (Å²) in [5, 5.41) is 11.0. The van der Waals surface area contributed by atoms with Crippen molar-refractivity contribution >= 4 is 37.8 Å². The van der Waals surface area contributed by atoms with Crippen LogP contribution in [0, 0.1) is 0 Å². The maximum atomic E-state index is 11.6. The van der Waals surface area contributed by atoms with E-state index in [1.54, 1.807) is 6.07 Å². The molecule has 5 nitrogen and oxygen atoms in total. The van der Waals surface area contributed by atoms with E-state index in [2.05, 4.69) is 37.2 Å². The summed E-state index contributed by atoms with van der Waals surface area (Å²) in [5.41, 5.74) is -0.276. The number of amides is 1. The van der Waals surface area contributed by atoms with Gasteiger partial charge in [0.1, 0.15) is 6.54 Å². The molecule has 16 heavy (non-hydrogen) atoms. The summed E-state index contributed by atoms with van der Waals surface area (Å²) in [7, 11) is 0. The lowest BCUT2D eigenvalue weighted by atomic mass is 10.4. The first-order valence-electron chi connectivity index (χ1n) is 4.47. The number of halogens is 2. The molecule has 0 saturated heterocycles. The van der Waals surface area contributed by atoms with Crippen molar-refractivity contribution in [2.75, 3.05) is 13.2 Å². The van der Waals surface area contributed by atoms with E-state index in [0.717, 1.165) is 0 Å². The van der Waals surface area contributed by atoms with Crippen LogP contribution in [-0.4, -0.2) is 28.7 Å². The molecule has 0 aliphatic carbocycles. The molecule has 1 aromatic heterocycles. The topological polar surface area (TPSA) is 71.3 Å². The Morgan fingerprint density at radius 1 is 1.50 bits per heavy atom. The van der Waals surface area contributed by atoms with Crippen molar-refractivity contribution in [3.8, 4) is 0 Å². The van der Waals surface area contributed by atoms with Crippen LogP contribution < -0.4 is 10.9 Å². The Kier molecular flexibility index (Phi) is 5.17. The highest BCUT2D eigenvalue weighted by Gasteiger charge is 2.07. The molecule has 1 aromatic rings. The maximum Gasteiger partial charge on any atom is 0.265 e. The van der Waals surface area contributed by atoms with Crippen LogP contribution in [0.2, 0.25) is 0 Å². The maximum absolute atomic E-state index is 11.6. The van der Waals surface area contributed by atoms with Crippen LogP contribution in [0.3, 0.4) is 0 Å². The highest BCUT2D eigenvalue weighted by atomic mass is 79.9. The van der Waals surface area contributed by atoms with E-state index in [1.807, 2.05) is 0 Å². The van der Waals surface area contributed by atoms with Crippen LogP contribution in [0.5, 0.6) is 0 Å². The number of nitrogens with zero attached hydrogens (tertiary/aromatic N) is 1. The van der Waals surface area contributed by atoms with E-state index in [4.69, 9.17) is 5.11 Å². The van der Waals surface area contributed by atoms with E-state index in [0.29, 0.717) is 8.95 Å². The molecule has 7 heteroatoms. The summed E-state index contributed by atoms with van der Waals surface area (Å²) in [6, 6.07) is 1.62. The Bertz CT molecular complexity index is 445. The molecule has 0 fully saturated rings. The van der Waals surface area contributed by atoms with Crippen molar-refractivity contribution in [3.05, 3.63) is 31.6 Å². The molecule has 1 amide bonds. The molecule has 0 bridgehead atoms. The van der Waals surface area contributed by atoms with Gasteiger partial charge in [-0.2, -0.15) is 0 Å². The standard InChI is InChI=1S/C9H10Br2N2O3/c10-6-3-7(11)9(16)13(4-6)5-8(15)12-1-2-14/h3-4,14H,1-2,5H2,(H,12,15). The first kappa shape index (κ1) is 13.4. The van der Waals surface area contributed by atoms with Crippen LogP contribution in [0.4, 0.5) is 0 Å². The number of hydrogen-bond donors (Lipinski definition) is 2. The zero-order chi connectivity index (χ0) is 12.1. The number of carbonyl (C=O) groups excluding carboxylic acids is 1. The van der Waals surface area contributed by atoms with Crippen molar-refractivity contribution in [2.45, 2.75) is 6.54 Å². The average Bonchev–Trinajstić information content (AvgIpc) is 2.22. The monoisotopic (exact) mass is 352 g/mol. The number of aromatic nitrogens is 1. The lowest BCUT2D eigenvalue weighted by Gasteiger charge is -2.07. The zero-order valence-electron chi connectivity index (χ0n) is 8.24. The van der Waals surface area contributed by atoms with E-state index in [1.165, 1.54) is 10.8 Å².